The van der Waals surface area contributed by atoms with E-state index in [2.05, 4.69) is 0 Å². The van der Waals surface area contributed by atoms with Crippen LogP contribution in [0.4, 0.5) is 0 Å². The summed E-state index contributed by atoms with van der Waals surface area (Å²) in [5.74, 6) is 0.988. The fourth-order valence-corrected chi connectivity index (χ4v) is 1.63. The van der Waals surface area contributed by atoms with Gasteiger partial charge in [0.05, 0.1) is 0 Å². The van der Waals surface area contributed by atoms with E-state index >= 15 is 0 Å². The van der Waals surface area contributed by atoms with Gasteiger partial charge < -0.3 is 15.3 Å². The van der Waals surface area contributed by atoms with Gasteiger partial charge in [-0.25, -0.2) is 0 Å². The van der Waals surface area contributed by atoms with Gasteiger partial charge in [0.1, 0.15) is 17.2 Å². The number of phenolic OH excluding ortho intramolecular Hbond substituents is 3. The second-order valence-corrected chi connectivity index (χ2v) is 5.51. The Kier molecular flexibility index (Phi) is 12.2. The summed E-state index contributed by atoms with van der Waals surface area (Å²) in [7, 11) is 0. The van der Waals surface area contributed by atoms with E-state index < -0.39 is 0 Å². The zero-order valence-electron chi connectivity index (χ0n) is 14.3. The molecule has 3 aromatic rings. The standard InChI is InChI=1S/3C7H8O.Ba.2H/c3*1-6-2-4-7(8)5-3-6;;;/h3*2-5,8H,1H3;;;. The van der Waals surface area contributed by atoms with Crippen LogP contribution in [0, 0.1) is 20.8 Å². The Morgan fingerprint density at radius 1 is 0.400 bits per heavy atom. The Balaban J connectivity index is 0.000000339. The van der Waals surface area contributed by atoms with E-state index in [1.165, 1.54) is 16.7 Å². The van der Waals surface area contributed by atoms with Gasteiger partial charge in [-0.1, -0.05) is 53.1 Å². The van der Waals surface area contributed by atoms with Crippen LogP contribution < -0.4 is 0 Å². The number of benzene rings is 3. The molecule has 0 saturated heterocycles. The van der Waals surface area contributed by atoms with E-state index in [-0.39, 0.29) is 48.9 Å². The Hall–Kier alpha value is -1.37. The number of rotatable bonds is 0. The molecule has 0 unspecified atom stereocenters. The first-order chi connectivity index (χ1) is 11.4. The second-order valence-electron chi connectivity index (χ2n) is 5.51. The fourth-order valence-electron chi connectivity index (χ4n) is 1.63. The van der Waals surface area contributed by atoms with Crippen molar-refractivity contribution in [2.24, 2.45) is 0 Å². The second kappa shape index (κ2) is 12.9. The average molecular weight is 464 g/mol. The van der Waals surface area contributed by atoms with E-state index in [0.717, 1.165) is 0 Å². The minimum atomic E-state index is 0. The summed E-state index contributed by atoms with van der Waals surface area (Å²) in [5, 5.41) is 26.3. The monoisotopic (exact) mass is 464 g/mol. The first-order valence-corrected chi connectivity index (χ1v) is 7.63. The predicted octanol–water partition coefficient (Wildman–Crippen LogP) is 4.19. The number of hydrogen-bond acceptors (Lipinski definition) is 3. The summed E-state index contributed by atoms with van der Waals surface area (Å²) in [6.07, 6.45) is 0. The Morgan fingerprint density at radius 2 is 0.560 bits per heavy atom. The van der Waals surface area contributed by atoms with Gasteiger partial charge >= 0.3 is 48.9 Å². The Morgan fingerprint density at radius 3 is 0.680 bits per heavy atom. The SMILES string of the molecule is Cc1ccc(O)cc1.Cc1ccc(O)cc1.Cc1ccc(O)cc1.[BaH2]. The molecule has 4 heteroatoms. The molecule has 130 valence electrons. The summed E-state index contributed by atoms with van der Waals surface area (Å²) in [6.45, 7) is 5.96. The van der Waals surface area contributed by atoms with Crippen molar-refractivity contribution < 1.29 is 15.3 Å². The Bertz CT molecular complexity index is 539. The van der Waals surface area contributed by atoms with Gasteiger partial charge in [-0.15, -0.1) is 0 Å². The van der Waals surface area contributed by atoms with Crippen LogP contribution in [0.5, 0.6) is 17.2 Å². The van der Waals surface area contributed by atoms with Gasteiger partial charge in [0, 0.05) is 0 Å². The first-order valence-electron chi connectivity index (χ1n) is 7.63. The maximum atomic E-state index is 8.76. The predicted molar refractivity (Wildman–Crippen MR) is 107 cm³/mol. The topological polar surface area (TPSA) is 60.7 Å². The molecule has 0 aliphatic rings. The third-order valence-electron chi connectivity index (χ3n) is 3.10. The van der Waals surface area contributed by atoms with Crippen LogP contribution in [0.25, 0.3) is 0 Å². The van der Waals surface area contributed by atoms with Crippen LogP contribution in [0.2, 0.25) is 0 Å². The van der Waals surface area contributed by atoms with Crippen molar-refractivity contribution in [1.82, 2.24) is 0 Å². The average Bonchev–Trinajstić information content (AvgIpc) is 2.57. The molecule has 25 heavy (non-hydrogen) atoms. The maximum absolute atomic E-state index is 8.76. The third kappa shape index (κ3) is 11.8. The van der Waals surface area contributed by atoms with Crippen molar-refractivity contribution in [2.45, 2.75) is 20.8 Å². The molecular formula is C21H26BaO3. The van der Waals surface area contributed by atoms with Gasteiger partial charge in [0.2, 0.25) is 0 Å². The van der Waals surface area contributed by atoms with Crippen molar-refractivity contribution in [3.05, 3.63) is 89.5 Å². The number of phenols is 3. The van der Waals surface area contributed by atoms with Gasteiger partial charge in [0.15, 0.2) is 0 Å². The van der Waals surface area contributed by atoms with E-state index in [1.807, 2.05) is 57.2 Å². The van der Waals surface area contributed by atoms with Crippen LogP contribution >= 0.6 is 0 Å². The summed E-state index contributed by atoms with van der Waals surface area (Å²) < 4.78 is 0. The molecule has 0 atom stereocenters. The zero-order valence-corrected chi connectivity index (χ0v) is 14.3. The molecule has 0 aliphatic carbocycles. The van der Waals surface area contributed by atoms with Crippen molar-refractivity contribution in [3.8, 4) is 17.2 Å². The Labute approximate surface area is 190 Å². The summed E-state index contributed by atoms with van der Waals surface area (Å²) in [5.41, 5.74) is 3.51. The van der Waals surface area contributed by atoms with Crippen LogP contribution in [0.15, 0.2) is 72.8 Å². The molecule has 0 spiro atoms. The van der Waals surface area contributed by atoms with Gasteiger partial charge in [-0.2, -0.15) is 0 Å². The van der Waals surface area contributed by atoms with Crippen LogP contribution in [0.3, 0.4) is 0 Å². The van der Waals surface area contributed by atoms with E-state index in [9.17, 15) is 0 Å². The van der Waals surface area contributed by atoms with Crippen LogP contribution in [-0.4, -0.2) is 64.2 Å². The molecule has 0 aliphatic heterocycles. The van der Waals surface area contributed by atoms with E-state index in [4.69, 9.17) is 15.3 Å². The molecule has 0 bridgehead atoms. The molecule has 0 fully saturated rings. The molecule has 0 saturated carbocycles. The molecule has 0 heterocycles. The van der Waals surface area contributed by atoms with Crippen molar-refractivity contribution in [2.75, 3.05) is 0 Å². The number of hydrogen-bond donors (Lipinski definition) is 3. The van der Waals surface area contributed by atoms with Gasteiger partial charge in [-0.3, -0.25) is 0 Å². The zero-order chi connectivity index (χ0) is 17.9. The number of aromatic hydroxyl groups is 3. The van der Waals surface area contributed by atoms with Crippen molar-refractivity contribution >= 4 is 48.9 Å². The summed E-state index contributed by atoms with van der Waals surface area (Å²) in [6, 6.07) is 21.3. The third-order valence-corrected chi connectivity index (χ3v) is 3.10. The fraction of sp³-hybridized carbons (Fsp3) is 0.143. The molecule has 0 amide bonds. The van der Waals surface area contributed by atoms with Crippen molar-refractivity contribution in [1.29, 1.82) is 0 Å². The molecule has 0 radical (unpaired) electrons. The number of aryl methyl sites for hydroxylation is 3. The molecule has 3 aromatic carbocycles. The molecular weight excluding hydrogens is 438 g/mol. The van der Waals surface area contributed by atoms with E-state index in [1.54, 1.807) is 36.4 Å². The normalized spacial score (nSPS) is 8.76. The molecule has 3 nitrogen and oxygen atoms in total. The summed E-state index contributed by atoms with van der Waals surface area (Å²) >= 11 is 0. The van der Waals surface area contributed by atoms with Crippen LogP contribution in [-0.2, 0) is 0 Å². The summed E-state index contributed by atoms with van der Waals surface area (Å²) in [4.78, 5) is 0. The van der Waals surface area contributed by atoms with Gasteiger partial charge in [0.25, 0.3) is 0 Å². The van der Waals surface area contributed by atoms with E-state index in [0.29, 0.717) is 17.2 Å². The molecule has 3 N–H and O–H groups in total. The minimum absolute atomic E-state index is 0. The quantitative estimate of drug-likeness (QED) is 0.438. The van der Waals surface area contributed by atoms with Crippen LogP contribution in [0.1, 0.15) is 16.7 Å². The van der Waals surface area contributed by atoms with Gasteiger partial charge in [-0.05, 0) is 57.2 Å². The molecule has 3 rings (SSSR count). The molecule has 0 aromatic heterocycles. The first kappa shape index (κ1) is 23.6. The van der Waals surface area contributed by atoms with Crippen molar-refractivity contribution in [3.63, 3.8) is 0 Å².